The molecular formula is C22H30N4O3. The van der Waals surface area contributed by atoms with E-state index in [-0.39, 0.29) is 23.4 Å². The molecule has 29 heavy (non-hydrogen) atoms. The smallest absolute Gasteiger partial charge is 0.254 e. The summed E-state index contributed by atoms with van der Waals surface area (Å²) in [6.07, 6.45) is 2.42. The largest absolute Gasteiger partial charge is 0.354 e. The van der Waals surface area contributed by atoms with Crippen LogP contribution in [0, 0.1) is 13.8 Å². The molecule has 1 aliphatic rings. The van der Waals surface area contributed by atoms with Gasteiger partial charge in [-0.2, -0.15) is 0 Å². The highest BCUT2D eigenvalue weighted by atomic mass is 16.2. The maximum absolute atomic E-state index is 12.9. The summed E-state index contributed by atoms with van der Waals surface area (Å²) >= 11 is 0. The van der Waals surface area contributed by atoms with E-state index in [0.29, 0.717) is 36.2 Å². The standard InChI is InChI=1S/C22H30N4O3/c1-4-20(27)24-8-9-26-19-12-18(21(28)25-17-6-5-7-23-13-17)14(2)10-16(19)11-15(3)22(26)29/h10-12,17,23H,4-9,13H2,1-3H3,(H,24,27)(H,25,28)/t17-/m1/s1. The molecule has 7 nitrogen and oxygen atoms in total. The molecule has 1 fully saturated rings. The van der Waals surface area contributed by atoms with Crippen molar-refractivity contribution in [2.24, 2.45) is 0 Å². The number of hydrogen-bond donors (Lipinski definition) is 3. The van der Waals surface area contributed by atoms with Crippen LogP contribution in [0.25, 0.3) is 10.9 Å². The van der Waals surface area contributed by atoms with E-state index in [1.807, 2.05) is 19.1 Å². The van der Waals surface area contributed by atoms with Crippen LogP contribution in [0.15, 0.2) is 23.0 Å². The molecule has 1 aromatic carbocycles. The molecular weight excluding hydrogens is 368 g/mol. The van der Waals surface area contributed by atoms with Crippen molar-refractivity contribution < 1.29 is 9.59 Å². The zero-order chi connectivity index (χ0) is 21.0. The van der Waals surface area contributed by atoms with Gasteiger partial charge in [-0.05, 0) is 62.4 Å². The Kier molecular flexibility index (Phi) is 6.69. The molecule has 1 aromatic heterocycles. The van der Waals surface area contributed by atoms with Gasteiger partial charge in [0.2, 0.25) is 5.91 Å². The molecule has 0 spiro atoms. The Morgan fingerprint density at radius 3 is 2.66 bits per heavy atom. The number of aryl methyl sites for hydroxylation is 2. The Balaban J connectivity index is 1.93. The molecule has 3 rings (SSSR count). The van der Waals surface area contributed by atoms with Gasteiger partial charge < -0.3 is 20.5 Å². The van der Waals surface area contributed by atoms with Gasteiger partial charge in [-0.15, -0.1) is 0 Å². The third-order valence-electron chi connectivity index (χ3n) is 5.47. The summed E-state index contributed by atoms with van der Waals surface area (Å²) in [6, 6.07) is 5.74. The number of rotatable bonds is 6. The summed E-state index contributed by atoms with van der Waals surface area (Å²) in [5, 5.41) is 10.1. The lowest BCUT2D eigenvalue weighted by molar-refractivity contribution is -0.120. The van der Waals surface area contributed by atoms with Crippen molar-refractivity contribution in [1.29, 1.82) is 0 Å². The van der Waals surface area contributed by atoms with E-state index in [1.165, 1.54) is 0 Å². The van der Waals surface area contributed by atoms with E-state index in [0.717, 1.165) is 36.9 Å². The number of amides is 2. The summed E-state index contributed by atoms with van der Waals surface area (Å²) in [4.78, 5) is 37.2. The summed E-state index contributed by atoms with van der Waals surface area (Å²) in [5.41, 5.74) is 2.71. The molecule has 2 aromatic rings. The second kappa shape index (κ2) is 9.22. The molecule has 156 valence electrons. The summed E-state index contributed by atoms with van der Waals surface area (Å²) < 4.78 is 1.65. The minimum atomic E-state index is -0.114. The number of carbonyl (C=O) groups excluding carboxylic acids is 2. The van der Waals surface area contributed by atoms with Crippen LogP contribution < -0.4 is 21.5 Å². The first kappa shape index (κ1) is 21.0. The first-order valence-electron chi connectivity index (χ1n) is 10.3. The van der Waals surface area contributed by atoms with Crippen LogP contribution in [-0.2, 0) is 11.3 Å². The van der Waals surface area contributed by atoms with Crippen LogP contribution in [0.1, 0.15) is 47.7 Å². The zero-order valence-corrected chi connectivity index (χ0v) is 17.4. The van der Waals surface area contributed by atoms with E-state index in [2.05, 4.69) is 16.0 Å². The Bertz CT molecular complexity index is 974. The second-order valence-corrected chi connectivity index (χ2v) is 7.73. The number of benzene rings is 1. The van der Waals surface area contributed by atoms with Crippen LogP contribution >= 0.6 is 0 Å². The van der Waals surface area contributed by atoms with Crippen molar-refractivity contribution >= 4 is 22.7 Å². The number of carbonyl (C=O) groups is 2. The molecule has 0 aliphatic carbocycles. The summed E-state index contributed by atoms with van der Waals surface area (Å²) in [6.45, 7) is 7.99. The molecule has 1 saturated heterocycles. The van der Waals surface area contributed by atoms with Crippen molar-refractivity contribution in [3.8, 4) is 0 Å². The van der Waals surface area contributed by atoms with E-state index in [1.54, 1.807) is 24.5 Å². The van der Waals surface area contributed by atoms with Crippen LogP contribution in [0.4, 0.5) is 0 Å². The molecule has 2 heterocycles. The fourth-order valence-electron chi connectivity index (χ4n) is 3.82. The molecule has 0 bridgehead atoms. The summed E-state index contributed by atoms with van der Waals surface area (Å²) in [5.74, 6) is -0.163. The quantitative estimate of drug-likeness (QED) is 0.690. The van der Waals surface area contributed by atoms with Gasteiger partial charge in [-0.25, -0.2) is 0 Å². The van der Waals surface area contributed by atoms with Gasteiger partial charge in [0.05, 0.1) is 5.52 Å². The number of pyridine rings is 1. The van der Waals surface area contributed by atoms with Gasteiger partial charge >= 0.3 is 0 Å². The lowest BCUT2D eigenvalue weighted by Crippen LogP contribution is -2.45. The molecule has 7 heteroatoms. The highest BCUT2D eigenvalue weighted by molar-refractivity contribution is 5.99. The van der Waals surface area contributed by atoms with Crippen molar-refractivity contribution in [2.75, 3.05) is 19.6 Å². The van der Waals surface area contributed by atoms with Gasteiger partial charge in [0.1, 0.15) is 0 Å². The number of nitrogens with zero attached hydrogens (tertiary/aromatic N) is 1. The highest BCUT2D eigenvalue weighted by Gasteiger charge is 2.19. The van der Waals surface area contributed by atoms with Gasteiger partial charge in [0, 0.05) is 43.2 Å². The fourth-order valence-corrected chi connectivity index (χ4v) is 3.82. The molecule has 3 N–H and O–H groups in total. The van der Waals surface area contributed by atoms with Crippen molar-refractivity contribution in [1.82, 2.24) is 20.5 Å². The number of nitrogens with one attached hydrogen (secondary N) is 3. The first-order chi connectivity index (χ1) is 13.9. The molecule has 0 radical (unpaired) electrons. The summed E-state index contributed by atoms with van der Waals surface area (Å²) in [7, 11) is 0. The van der Waals surface area contributed by atoms with Crippen LogP contribution in [0.2, 0.25) is 0 Å². The van der Waals surface area contributed by atoms with Crippen LogP contribution in [0.3, 0.4) is 0 Å². The minimum absolute atomic E-state index is 0.0491. The van der Waals surface area contributed by atoms with Crippen LogP contribution in [0.5, 0.6) is 0 Å². The van der Waals surface area contributed by atoms with E-state index < -0.39 is 0 Å². The Morgan fingerprint density at radius 1 is 1.21 bits per heavy atom. The van der Waals surface area contributed by atoms with Gasteiger partial charge in [-0.1, -0.05) is 6.92 Å². The number of aromatic nitrogens is 1. The Morgan fingerprint density at radius 2 is 1.97 bits per heavy atom. The second-order valence-electron chi connectivity index (χ2n) is 7.73. The predicted molar refractivity (Wildman–Crippen MR) is 114 cm³/mol. The monoisotopic (exact) mass is 398 g/mol. The lowest BCUT2D eigenvalue weighted by atomic mass is 10.0. The molecule has 2 amide bonds. The van der Waals surface area contributed by atoms with Crippen molar-refractivity contribution in [3.63, 3.8) is 0 Å². The average molecular weight is 399 g/mol. The Hall–Kier alpha value is -2.67. The maximum Gasteiger partial charge on any atom is 0.254 e. The van der Waals surface area contributed by atoms with Crippen LogP contribution in [-0.4, -0.2) is 42.1 Å². The number of fused-ring (bicyclic) bond motifs is 1. The fraction of sp³-hybridized carbons (Fsp3) is 0.500. The van der Waals surface area contributed by atoms with E-state index in [4.69, 9.17) is 0 Å². The highest BCUT2D eigenvalue weighted by Crippen LogP contribution is 2.20. The third kappa shape index (κ3) is 4.85. The molecule has 1 atom stereocenters. The van der Waals surface area contributed by atoms with Crippen molar-refractivity contribution in [2.45, 2.75) is 52.6 Å². The maximum atomic E-state index is 12.9. The number of piperidine rings is 1. The lowest BCUT2D eigenvalue weighted by Gasteiger charge is -2.24. The van der Waals surface area contributed by atoms with Gasteiger partial charge in [-0.3, -0.25) is 14.4 Å². The topological polar surface area (TPSA) is 92.2 Å². The third-order valence-corrected chi connectivity index (χ3v) is 5.47. The molecule has 0 unspecified atom stereocenters. The van der Waals surface area contributed by atoms with E-state index in [9.17, 15) is 14.4 Å². The normalized spacial score (nSPS) is 16.6. The predicted octanol–water partition coefficient (Wildman–Crippen LogP) is 1.63. The number of hydrogen-bond acceptors (Lipinski definition) is 4. The van der Waals surface area contributed by atoms with Crippen molar-refractivity contribution in [3.05, 3.63) is 45.2 Å². The average Bonchev–Trinajstić information content (AvgIpc) is 2.71. The first-order valence-corrected chi connectivity index (χ1v) is 10.3. The van der Waals surface area contributed by atoms with Gasteiger partial charge in [0.25, 0.3) is 11.5 Å². The SMILES string of the molecule is CCC(=O)NCCn1c(=O)c(C)cc2cc(C)c(C(=O)N[C@@H]3CCCNC3)cc21. The zero-order valence-electron chi connectivity index (χ0n) is 17.4. The Labute approximate surface area is 170 Å². The van der Waals surface area contributed by atoms with Gasteiger partial charge in [0.15, 0.2) is 0 Å². The van der Waals surface area contributed by atoms with E-state index >= 15 is 0 Å². The molecule has 0 saturated carbocycles. The minimum Gasteiger partial charge on any atom is -0.354 e. The molecule has 1 aliphatic heterocycles.